The van der Waals surface area contributed by atoms with Crippen LogP contribution in [0.2, 0.25) is 0 Å². The first-order chi connectivity index (χ1) is 25.2. The highest BCUT2D eigenvalue weighted by molar-refractivity contribution is 6.10. The summed E-state index contributed by atoms with van der Waals surface area (Å²) in [5.41, 5.74) is 14.8. The van der Waals surface area contributed by atoms with Crippen LogP contribution in [-0.2, 0) is 5.41 Å². The molecule has 0 bridgehead atoms. The van der Waals surface area contributed by atoms with E-state index in [0.29, 0.717) is 5.82 Å². The van der Waals surface area contributed by atoms with Crippen molar-refractivity contribution in [1.29, 1.82) is 5.26 Å². The zero-order valence-electron chi connectivity index (χ0n) is 28.1. The smallest absolute Gasteiger partial charge is 0.160 e. The molecule has 4 nitrogen and oxygen atoms in total. The Kier molecular flexibility index (Phi) is 6.76. The molecule has 0 N–H and O–H groups in total. The van der Waals surface area contributed by atoms with Crippen LogP contribution in [0.3, 0.4) is 0 Å². The van der Waals surface area contributed by atoms with Crippen LogP contribution in [0.1, 0.15) is 48.8 Å². The largest absolute Gasteiger partial charge is 0.455 e. The predicted octanol–water partition coefficient (Wildman–Crippen LogP) is 12.1. The molecule has 0 saturated heterocycles. The Morgan fingerprint density at radius 3 is 2.00 bits per heavy atom. The summed E-state index contributed by atoms with van der Waals surface area (Å²) in [7, 11) is 0. The molecule has 1 fully saturated rings. The Morgan fingerprint density at radius 2 is 1.22 bits per heavy atom. The van der Waals surface area contributed by atoms with E-state index >= 15 is 0 Å². The van der Waals surface area contributed by atoms with Gasteiger partial charge < -0.3 is 4.42 Å². The zero-order chi connectivity index (χ0) is 33.9. The summed E-state index contributed by atoms with van der Waals surface area (Å²) in [6.07, 6.45) is 5.94. The molecule has 2 aliphatic rings. The van der Waals surface area contributed by atoms with Crippen LogP contribution < -0.4 is 0 Å². The summed E-state index contributed by atoms with van der Waals surface area (Å²) in [6, 6.07) is 51.1. The Balaban J connectivity index is 1.10. The lowest BCUT2D eigenvalue weighted by molar-refractivity contribution is 0.353. The van der Waals surface area contributed by atoms with Crippen LogP contribution in [0.4, 0.5) is 0 Å². The van der Waals surface area contributed by atoms with E-state index in [-0.39, 0.29) is 5.41 Å². The number of hydrogen-bond acceptors (Lipinski definition) is 4. The standard InChI is InChI=1S/C47H33N3O/c48-29-30-17-20-35-36-21-18-34(27-41(36)47(40(35)25-30)23-8-3-9-24-47)33-19-22-44-39(26-33)37-15-10-16-38(45(37)51-44)43-28-42(31-11-4-1-5-12-31)49-46(50-43)32-13-6-2-7-14-32/h1-2,4-7,10-22,25-28H,3,8-9,23-24H2. The summed E-state index contributed by atoms with van der Waals surface area (Å²) in [6.45, 7) is 0. The van der Waals surface area contributed by atoms with Crippen molar-refractivity contribution in [1.82, 2.24) is 9.97 Å². The summed E-state index contributed by atoms with van der Waals surface area (Å²) < 4.78 is 6.66. The molecule has 51 heavy (non-hydrogen) atoms. The molecule has 6 aromatic carbocycles. The second-order valence-electron chi connectivity index (χ2n) is 14.0. The Labute approximate surface area is 296 Å². The van der Waals surface area contributed by atoms with Crippen molar-refractivity contribution in [3.8, 4) is 62.2 Å². The van der Waals surface area contributed by atoms with Crippen molar-refractivity contribution in [3.63, 3.8) is 0 Å². The van der Waals surface area contributed by atoms with Gasteiger partial charge in [0.25, 0.3) is 0 Å². The van der Waals surface area contributed by atoms with Gasteiger partial charge in [0.2, 0.25) is 0 Å². The minimum absolute atomic E-state index is 0.0259. The molecule has 2 aromatic heterocycles. The molecule has 0 radical (unpaired) electrons. The van der Waals surface area contributed by atoms with E-state index in [2.05, 4.69) is 103 Å². The third kappa shape index (κ3) is 4.73. The van der Waals surface area contributed by atoms with Gasteiger partial charge in [0.1, 0.15) is 11.2 Å². The fourth-order valence-electron chi connectivity index (χ4n) is 8.68. The maximum absolute atomic E-state index is 9.75. The second-order valence-corrected chi connectivity index (χ2v) is 14.0. The van der Waals surface area contributed by atoms with E-state index in [4.69, 9.17) is 14.4 Å². The maximum atomic E-state index is 9.75. The Bertz CT molecular complexity index is 2620. The van der Waals surface area contributed by atoms with Crippen molar-refractivity contribution in [2.75, 3.05) is 0 Å². The second kappa shape index (κ2) is 11.6. The van der Waals surface area contributed by atoms with Crippen LogP contribution in [0.15, 0.2) is 144 Å². The van der Waals surface area contributed by atoms with E-state index in [0.717, 1.165) is 74.0 Å². The topological polar surface area (TPSA) is 62.7 Å². The van der Waals surface area contributed by atoms with Gasteiger partial charge in [-0.05, 0) is 88.7 Å². The zero-order valence-corrected chi connectivity index (χ0v) is 28.1. The summed E-state index contributed by atoms with van der Waals surface area (Å²) in [4.78, 5) is 10.1. The first-order valence-corrected chi connectivity index (χ1v) is 17.8. The van der Waals surface area contributed by atoms with E-state index in [9.17, 15) is 5.26 Å². The Morgan fingerprint density at radius 1 is 0.529 bits per heavy atom. The fraction of sp³-hybridized carbons (Fsp3) is 0.128. The van der Waals surface area contributed by atoms with Crippen LogP contribution >= 0.6 is 0 Å². The molecule has 8 aromatic rings. The van der Waals surface area contributed by atoms with Crippen LogP contribution in [0.5, 0.6) is 0 Å². The number of para-hydroxylation sites is 1. The van der Waals surface area contributed by atoms with Gasteiger partial charge in [-0.1, -0.05) is 116 Å². The summed E-state index contributed by atoms with van der Waals surface area (Å²) in [5.74, 6) is 0.681. The number of furan rings is 1. The molecule has 0 atom stereocenters. The lowest BCUT2D eigenvalue weighted by Crippen LogP contribution is -2.28. The number of rotatable bonds is 4. The average Bonchev–Trinajstić information content (AvgIpc) is 3.70. The van der Waals surface area contributed by atoms with Gasteiger partial charge in [-0.3, -0.25) is 0 Å². The minimum Gasteiger partial charge on any atom is -0.455 e. The molecule has 2 aliphatic carbocycles. The van der Waals surface area contributed by atoms with Gasteiger partial charge in [0.15, 0.2) is 5.82 Å². The van der Waals surface area contributed by atoms with Gasteiger partial charge in [-0.2, -0.15) is 5.26 Å². The lowest BCUT2D eigenvalue weighted by Gasteiger charge is -2.36. The highest BCUT2D eigenvalue weighted by atomic mass is 16.3. The molecule has 0 unspecified atom stereocenters. The van der Waals surface area contributed by atoms with Crippen molar-refractivity contribution < 1.29 is 4.42 Å². The quantitative estimate of drug-likeness (QED) is 0.189. The normalized spacial score (nSPS) is 14.4. The molecule has 4 heteroatoms. The first kappa shape index (κ1) is 29.6. The number of nitriles is 1. The van der Waals surface area contributed by atoms with Gasteiger partial charge in [0, 0.05) is 32.9 Å². The van der Waals surface area contributed by atoms with Gasteiger partial charge in [-0.25, -0.2) is 9.97 Å². The molecule has 1 saturated carbocycles. The van der Waals surface area contributed by atoms with Crippen molar-refractivity contribution in [2.24, 2.45) is 0 Å². The molecular weight excluding hydrogens is 623 g/mol. The maximum Gasteiger partial charge on any atom is 0.160 e. The highest BCUT2D eigenvalue weighted by Gasteiger charge is 2.44. The monoisotopic (exact) mass is 655 g/mol. The van der Waals surface area contributed by atoms with E-state index in [1.165, 1.54) is 47.1 Å². The number of fused-ring (bicyclic) bond motifs is 8. The third-order valence-corrected chi connectivity index (χ3v) is 11.1. The molecule has 242 valence electrons. The summed E-state index contributed by atoms with van der Waals surface area (Å²) in [5, 5.41) is 11.9. The Hall–Kier alpha value is -6.31. The van der Waals surface area contributed by atoms with Crippen molar-refractivity contribution in [3.05, 3.63) is 156 Å². The average molecular weight is 656 g/mol. The molecule has 0 aliphatic heterocycles. The van der Waals surface area contributed by atoms with E-state index in [1.54, 1.807) is 0 Å². The number of benzene rings is 6. The SMILES string of the molecule is N#Cc1ccc2c(c1)C1(CCCCC1)c1cc(-c3ccc4oc5c(-c6cc(-c7ccccc7)nc(-c7ccccc7)n6)cccc5c4c3)ccc1-2. The molecular formula is C47H33N3O. The summed E-state index contributed by atoms with van der Waals surface area (Å²) >= 11 is 0. The third-order valence-electron chi connectivity index (χ3n) is 11.1. The lowest BCUT2D eigenvalue weighted by atomic mass is 9.67. The van der Waals surface area contributed by atoms with Crippen LogP contribution in [0.25, 0.3) is 78.1 Å². The number of aromatic nitrogens is 2. The predicted molar refractivity (Wildman–Crippen MR) is 205 cm³/mol. The highest BCUT2D eigenvalue weighted by Crippen LogP contribution is 2.56. The van der Waals surface area contributed by atoms with Gasteiger partial charge >= 0.3 is 0 Å². The molecule has 2 heterocycles. The number of hydrogen-bond donors (Lipinski definition) is 0. The van der Waals surface area contributed by atoms with Crippen LogP contribution in [0, 0.1) is 11.3 Å². The van der Waals surface area contributed by atoms with Crippen molar-refractivity contribution in [2.45, 2.75) is 37.5 Å². The minimum atomic E-state index is -0.0259. The van der Waals surface area contributed by atoms with Crippen LogP contribution in [-0.4, -0.2) is 9.97 Å². The number of nitrogens with zero attached hydrogens (tertiary/aromatic N) is 3. The molecule has 1 spiro atoms. The van der Waals surface area contributed by atoms with Gasteiger partial charge in [-0.15, -0.1) is 0 Å². The molecule has 10 rings (SSSR count). The fourth-order valence-corrected chi connectivity index (χ4v) is 8.68. The molecule has 0 amide bonds. The van der Waals surface area contributed by atoms with Crippen molar-refractivity contribution >= 4 is 21.9 Å². The first-order valence-electron chi connectivity index (χ1n) is 17.8. The van der Waals surface area contributed by atoms with E-state index in [1.807, 2.05) is 42.5 Å². The van der Waals surface area contributed by atoms with Gasteiger partial charge in [0.05, 0.1) is 23.0 Å². The van der Waals surface area contributed by atoms with E-state index < -0.39 is 0 Å².